The highest BCUT2D eigenvalue weighted by molar-refractivity contribution is 6.31. The third kappa shape index (κ3) is 2.89. The van der Waals surface area contributed by atoms with Crippen LogP contribution in [0.5, 0.6) is 5.75 Å². The molecule has 0 aliphatic rings. The summed E-state index contributed by atoms with van der Waals surface area (Å²) < 4.78 is 5.18. The Morgan fingerprint density at radius 1 is 1.43 bits per heavy atom. The standard InChI is InChI=1S/C11H15ClO2/c1-11(2,13)7-8-9(12)5-4-6-10(8)14-3/h4-6,13H,7H2,1-3H3. The Labute approximate surface area is 89.5 Å². The lowest BCUT2D eigenvalue weighted by atomic mass is 9.98. The van der Waals surface area contributed by atoms with Crippen molar-refractivity contribution < 1.29 is 9.84 Å². The zero-order valence-corrected chi connectivity index (χ0v) is 9.43. The van der Waals surface area contributed by atoms with Crippen LogP contribution in [-0.2, 0) is 6.42 Å². The average Bonchev–Trinajstić information content (AvgIpc) is 2.06. The number of aliphatic hydroxyl groups is 1. The number of methoxy groups -OCH3 is 1. The van der Waals surface area contributed by atoms with Crippen molar-refractivity contribution in [1.82, 2.24) is 0 Å². The van der Waals surface area contributed by atoms with Gasteiger partial charge in [0.25, 0.3) is 0 Å². The first-order valence-corrected chi connectivity index (χ1v) is 4.85. The number of hydrogen-bond donors (Lipinski definition) is 1. The van der Waals surface area contributed by atoms with Crippen molar-refractivity contribution in [3.8, 4) is 5.75 Å². The van der Waals surface area contributed by atoms with Gasteiger partial charge in [0.1, 0.15) is 5.75 Å². The van der Waals surface area contributed by atoms with E-state index in [-0.39, 0.29) is 0 Å². The lowest BCUT2D eigenvalue weighted by molar-refractivity contribution is 0.0803. The van der Waals surface area contributed by atoms with Gasteiger partial charge in [-0.2, -0.15) is 0 Å². The summed E-state index contributed by atoms with van der Waals surface area (Å²) in [6.07, 6.45) is 0.482. The van der Waals surface area contributed by atoms with Crippen LogP contribution in [0.25, 0.3) is 0 Å². The number of ether oxygens (including phenoxy) is 1. The molecule has 1 rings (SSSR count). The number of hydrogen-bond acceptors (Lipinski definition) is 2. The van der Waals surface area contributed by atoms with Crippen molar-refractivity contribution >= 4 is 11.6 Å². The average molecular weight is 215 g/mol. The van der Waals surface area contributed by atoms with Crippen molar-refractivity contribution in [1.29, 1.82) is 0 Å². The summed E-state index contributed by atoms with van der Waals surface area (Å²) in [4.78, 5) is 0. The van der Waals surface area contributed by atoms with Crippen LogP contribution in [0.4, 0.5) is 0 Å². The Hall–Kier alpha value is -0.730. The highest BCUT2D eigenvalue weighted by atomic mass is 35.5. The first kappa shape index (κ1) is 11.3. The van der Waals surface area contributed by atoms with Crippen molar-refractivity contribution in [2.24, 2.45) is 0 Å². The van der Waals surface area contributed by atoms with E-state index in [1.54, 1.807) is 27.0 Å². The van der Waals surface area contributed by atoms with E-state index in [9.17, 15) is 5.11 Å². The zero-order chi connectivity index (χ0) is 10.8. The minimum absolute atomic E-state index is 0.482. The molecule has 0 atom stereocenters. The molecule has 0 saturated heterocycles. The highest BCUT2D eigenvalue weighted by Gasteiger charge is 2.18. The Morgan fingerprint density at radius 3 is 2.57 bits per heavy atom. The summed E-state index contributed by atoms with van der Waals surface area (Å²) in [5, 5.41) is 10.3. The van der Waals surface area contributed by atoms with Gasteiger partial charge in [0.15, 0.2) is 0 Å². The van der Waals surface area contributed by atoms with Gasteiger partial charge in [-0.15, -0.1) is 0 Å². The van der Waals surface area contributed by atoms with Gasteiger partial charge in [-0.1, -0.05) is 17.7 Å². The molecule has 2 nitrogen and oxygen atoms in total. The molecule has 1 aromatic rings. The highest BCUT2D eigenvalue weighted by Crippen LogP contribution is 2.29. The fraction of sp³-hybridized carbons (Fsp3) is 0.455. The Kier molecular flexibility index (Phi) is 3.40. The maximum absolute atomic E-state index is 9.70. The summed E-state index contributed by atoms with van der Waals surface area (Å²) in [6.45, 7) is 3.49. The van der Waals surface area contributed by atoms with Gasteiger partial charge < -0.3 is 9.84 Å². The summed E-state index contributed by atoms with van der Waals surface area (Å²) in [7, 11) is 1.60. The molecule has 0 aliphatic heterocycles. The number of rotatable bonds is 3. The SMILES string of the molecule is COc1cccc(Cl)c1CC(C)(C)O. The van der Waals surface area contributed by atoms with Gasteiger partial charge in [-0.25, -0.2) is 0 Å². The van der Waals surface area contributed by atoms with Crippen LogP contribution < -0.4 is 4.74 Å². The molecule has 1 aromatic carbocycles. The van der Waals surface area contributed by atoms with E-state index in [1.807, 2.05) is 12.1 Å². The van der Waals surface area contributed by atoms with Gasteiger partial charge in [0, 0.05) is 17.0 Å². The smallest absolute Gasteiger partial charge is 0.123 e. The van der Waals surface area contributed by atoms with Crippen LogP contribution >= 0.6 is 11.6 Å². The largest absolute Gasteiger partial charge is 0.496 e. The molecule has 0 bridgehead atoms. The molecular formula is C11H15ClO2. The van der Waals surface area contributed by atoms with Gasteiger partial charge in [0.05, 0.1) is 12.7 Å². The molecule has 0 saturated carbocycles. The molecule has 0 unspecified atom stereocenters. The zero-order valence-electron chi connectivity index (χ0n) is 8.67. The quantitative estimate of drug-likeness (QED) is 0.839. The number of benzene rings is 1. The Bertz CT molecular complexity index is 316. The summed E-state index contributed by atoms with van der Waals surface area (Å²) >= 11 is 6.02. The minimum atomic E-state index is -0.779. The van der Waals surface area contributed by atoms with Crippen LogP contribution in [-0.4, -0.2) is 17.8 Å². The maximum atomic E-state index is 9.70. The second-order valence-corrected chi connectivity index (χ2v) is 4.32. The molecule has 0 aliphatic carbocycles. The maximum Gasteiger partial charge on any atom is 0.123 e. The molecule has 0 amide bonds. The van der Waals surface area contributed by atoms with Crippen LogP contribution in [0.1, 0.15) is 19.4 Å². The van der Waals surface area contributed by atoms with Crippen LogP contribution in [0, 0.1) is 0 Å². The van der Waals surface area contributed by atoms with E-state index in [2.05, 4.69) is 0 Å². The number of halogens is 1. The fourth-order valence-electron chi connectivity index (χ4n) is 1.33. The van der Waals surface area contributed by atoms with E-state index in [1.165, 1.54) is 0 Å². The van der Waals surface area contributed by atoms with E-state index in [0.29, 0.717) is 11.4 Å². The predicted molar refractivity (Wildman–Crippen MR) is 58.0 cm³/mol. The summed E-state index contributed by atoms with van der Waals surface area (Å²) in [5.41, 5.74) is 0.0716. The van der Waals surface area contributed by atoms with Crippen LogP contribution in [0.15, 0.2) is 18.2 Å². The topological polar surface area (TPSA) is 29.5 Å². The molecule has 1 N–H and O–H groups in total. The molecule has 0 radical (unpaired) electrons. The Morgan fingerprint density at radius 2 is 2.07 bits per heavy atom. The molecule has 3 heteroatoms. The third-order valence-corrected chi connectivity index (χ3v) is 2.26. The molecule has 14 heavy (non-hydrogen) atoms. The normalized spacial score (nSPS) is 11.5. The fourth-order valence-corrected chi connectivity index (χ4v) is 1.57. The summed E-state index contributed by atoms with van der Waals surface area (Å²) in [6, 6.07) is 5.47. The van der Waals surface area contributed by atoms with Gasteiger partial charge in [-0.3, -0.25) is 0 Å². The first-order valence-electron chi connectivity index (χ1n) is 4.48. The predicted octanol–water partition coefficient (Wildman–Crippen LogP) is 2.66. The van der Waals surface area contributed by atoms with Gasteiger partial charge in [0.2, 0.25) is 0 Å². The molecule has 0 aromatic heterocycles. The van der Waals surface area contributed by atoms with Gasteiger partial charge in [-0.05, 0) is 26.0 Å². The second kappa shape index (κ2) is 4.20. The van der Waals surface area contributed by atoms with E-state index < -0.39 is 5.60 Å². The van der Waals surface area contributed by atoms with Crippen LogP contribution in [0.3, 0.4) is 0 Å². The second-order valence-electron chi connectivity index (χ2n) is 3.91. The lowest BCUT2D eigenvalue weighted by Gasteiger charge is -2.19. The van der Waals surface area contributed by atoms with Crippen molar-refractivity contribution in [3.05, 3.63) is 28.8 Å². The molecule has 0 spiro atoms. The van der Waals surface area contributed by atoms with Crippen molar-refractivity contribution in [3.63, 3.8) is 0 Å². The molecule has 0 fully saturated rings. The molecule has 0 heterocycles. The minimum Gasteiger partial charge on any atom is -0.496 e. The molecular weight excluding hydrogens is 200 g/mol. The van der Waals surface area contributed by atoms with Crippen molar-refractivity contribution in [2.45, 2.75) is 25.9 Å². The Balaban J connectivity index is 3.05. The first-order chi connectivity index (χ1) is 6.44. The molecule has 78 valence electrons. The van der Waals surface area contributed by atoms with E-state index in [4.69, 9.17) is 16.3 Å². The lowest BCUT2D eigenvalue weighted by Crippen LogP contribution is -2.22. The van der Waals surface area contributed by atoms with E-state index in [0.717, 1.165) is 11.3 Å². The summed E-state index contributed by atoms with van der Waals surface area (Å²) in [5.74, 6) is 0.722. The third-order valence-electron chi connectivity index (χ3n) is 1.91. The monoisotopic (exact) mass is 214 g/mol. The van der Waals surface area contributed by atoms with Crippen molar-refractivity contribution in [2.75, 3.05) is 7.11 Å². The van der Waals surface area contributed by atoms with E-state index >= 15 is 0 Å². The van der Waals surface area contributed by atoms with Crippen LogP contribution in [0.2, 0.25) is 5.02 Å². The van der Waals surface area contributed by atoms with Gasteiger partial charge >= 0.3 is 0 Å².